The molecule has 3 aromatic rings. The fraction of sp³-hybridized carbons (Fsp3) is 0.250. The Morgan fingerprint density at radius 3 is 2.38 bits per heavy atom. The van der Waals surface area contributed by atoms with Gasteiger partial charge in [0, 0.05) is 25.0 Å². The molecule has 5 heteroatoms. The largest absolute Gasteiger partial charge is 0.477 e. The first-order chi connectivity index (χ1) is 9.88. The molecule has 0 saturated heterocycles. The third-order valence-corrected chi connectivity index (χ3v) is 3.97. The van der Waals surface area contributed by atoms with E-state index in [0.717, 1.165) is 11.3 Å². The first-order valence-corrected chi connectivity index (χ1v) is 6.74. The van der Waals surface area contributed by atoms with Crippen molar-refractivity contribution >= 4 is 11.7 Å². The molecule has 5 nitrogen and oxygen atoms in total. The molecule has 0 aliphatic heterocycles. The summed E-state index contributed by atoms with van der Waals surface area (Å²) >= 11 is 0. The highest BCUT2D eigenvalue weighted by molar-refractivity contribution is 5.86. The number of benzene rings is 1. The fourth-order valence-corrected chi connectivity index (χ4v) is 2.62. The van der Waals surface area contributed by atoms with Crippen LogP contribution in [-0.2, 0) is 7.05 Å². The van der Waals surface area contributed by atoms with Crippen molar-refractivity contribution in [3.63, 3.8) is 0 Å². The summed E-state index contributed by atoms with van der Waals surface area (Å²) in [5.74, 6) is -0.327. The van der Waals surface area contributed by atoms with Gasteiger partial charge in [0.05, 0.1) is 5.69 Å². The molecule has 3 rings (SSSR count). The number of aromatic nitrogens is 3. The van der Waals surface area contributed by atoms with Crippen LogP contribution in [-0.4, -0.2) is 25.0 Å². The zero-order chi connectivity index (χ0) is 15.3. The fourth-order valence-electron chi connectivity index (χ4n) is 2.62. The van der Waals surface area contributed by atoms with E-state index in [2.05, 4.69) is 37.9 Å². The molecular weight excluding hydrogens is 266 g/mol. The smallest absolute Gasteiger partial charge is 0.354 e. The summed E-state index contributed by atoms with van der Waals surface area (Å²) < 4.78 is 3.34. The Labute approximate surface area is 122 Å². The molecule has 0 unspecified atom stereocenters. The van der Waals surface area contributed by atoms with Crippen molar-refractivity contribution in [2.24, 2.45) is 7.05 Å². The lowest BCUT2D eigenvalue weighted by Crippen LogP contribution is -2.04. The van der Waals surface area contributed by atoms with Gasteiger partial charge in [-0.15, -0.1) is 0 Å². The summed E-state index contributed by atoms with van der Waals surface area (Å²) in [7, 11) is 1.71. The highest BCUT2D eigenvalue weighted by atomic mass is 16.4. The van der Waals surface area contributed by atoms with E-state index in [1.54, 1.807) is 22.2 Å². The number of fused-ring (bicyclic) bond motifs is 1. The topological polar surface area (TPSA) is 59.5 Å². The summed E-state index contributed by atoms with van der Waals surface area (Å²) in [4.78, 5) is 15.7. The lowest BCUT2D eigenvalue weighted by Gasteiger charge is -2.07. The maximum absolute atomic E-state index is 11.1. The van der Waals surface area contributed by atoms with E-state index in [9.17, 15) is 4.79 Å². The molecule has 1 N–H and O–H groups in total. The van der Waals surface area contributed by atoms with Crippen LogP contribution in [0.25, 0.3) is 17.0 Å². The number of hydrogen-bond donors (Lipinski definition) is 1. The summed E-state index contributed by atoms with van der Waals surface area (Å²) in [5.41, 5.74) is 5.81. The predicted octanol–water partition coefficient (Wildman–Crippen LogP) is 2.96. The van der Waals surface area contributed by atoms with Gasteiger partial charge in [0.25, 0.3) is 0 Å². The number of carboxylic acids is 1. The highest BCUT2D eigenvalue weighted by Gasteiger charge is 2.16. The molecule has 0 saturated carbocycles. The Kier molecular flexibility index (Phi) is 2.86. The predicted molar refractivity (Wildman–Crippen MR) is 80.8 cm³/mol. The van der Waals surface area contributed by atoms with Crippen LogP contribution in [0.4, 0.5) is 0 Å². The number of hydrogen-bond acceptors (Lipinski definition) is 2. The van der Waals surface area contributed by atoms with Crippen LogP contribution in [0.3, 0.4) is 0 Å². The number of aromatic carboxylic acids is 1. The van der Waals surface area contributed by atoms with E-state index in [4.69, 9.17) is 5.11 Å². The number of rotatable bonds is 2. The molecule has 2 heterocycles. The van der Waals surface area contributed by atoms with Crippen molar-refractivity contribution in [3.8, 4) is 11.3 Å². The van der Waals surface area contributed by atoms with E-state index < -0.39 is 5.97 Å². The Hall–Kier alpha value is -2.56. The van der Waals surface area contributed by atoms with Crippen molar-refractivity contribution in [1.82, 2.24) is 14.0 Å². The SMILES string of the molecule is Cc1cc(C)c(-c2cn3cc(C(=O)O)n(C)c3n2)cc1C. The third-order valence-electron chi connectivity index (χ3n) is 3.97. The summed E-state index contributed by atoms with van der Waals surface area (Å²) in [6.07, 6.45) is 3.46. The molecule has 0 spiro atoms. The first-order valence-electron chi connectivity index (χ1n) is 6.74. The molecule has 2 aromatic heterocycles. The second-order valence-corrected chi connectivity index (χ2v) is 5.46. The van der Waals surface area contributed by atoms with E-state index in [1.165, 1.54) is 16.7 Å². The van der Waals surface area contributed by atoms with E-state index in [0.29, 0.717) is 5.78 Å². The van der Waals surface area contributed by atoms with Crippen molar-refractivity contribution in [2.45, 2.75) is 20.8 Å². The molecular formula is C16H17N3O2. The van der Waals surface area contributed by atoms with E-state index in [1.807, 2.05) is 6.20 Å². The molecule has 0 radical (unpaired) electrons. The van der Waals surface area contributed by atoms with Gasteiger partial charge >= 0.3 is 5.97 Å². The van der Waals surface area contributed by atoms with Gasteiger partial charge in [-0.1, -0.05) is 6.07 Å². The van der Waals surface area contributed by atoms with Gasteiger partial charge in [-0.2, -0.15) is 0 Å². The van der Waals surface area contributed by atoms with Crippen molar-refractivity contribution in [1.29, 1.82) is 0 Å². The average molecular weight is 283 g/mol. The van der Waals surface area contributed by atoms with Gasteiger partial charge in [0.2, 0.25) is 5.78 Å². The lowest BCUT2D eigenvalue weighted by molar-refractivity contribution is 0.0686. The Morgan fingerprint density at radius 1 is 1.10 bits per heavy atom. The standard InChI is InChI=1S/C16H17N3O2/c1-9-5-11(3)12(6-10(9)2)13-7-19-8-14(15(20)21)18(4)16(19)17-13/h5-8H,1-4H3,(H,20,21). The van der Waals surface area contributed by atoms with Gasteiger partial charge in [-0.05, 0) is 43.5 Å². The highest BCUT2D eigenvalue weighted by Crippen LogP contribution is 2.26. The minimum absolute atomic E-state index is 0.223. The molecule has 0 aliphatic carbocycles. The van der Waals surface area contributed by atoms with Gasteiger partial charge < -0.3 is 9.67 Å². The molecule has 0 fully saturated rings. The van der Waals surface area contributed by atoms with Crippen LogP contribution in [0.1, 0.15) is 27.2 Å². The molecule has 21 heavy (non-hydrogen) atoms. The number of carbonyl (C=O) groups is 1. The molecule has 0 aliphatic rings. The zero-order valence-corrected chi connectivity index (χ0v) is 12.5. The van der Waals surface area contributed by atoms with Crippen LogP contribution in [0, 0.1) is 20.8 Å². The Balaban J connectivity index is 2.19. The molecule has 0 bridgehead atoms. The van der Waals surface area contributed by atoms with E-state index >= 15 is 0 Å². The van der Waals surface area contributed by atoms with Crippen LogP contribution < -0.4 is 0 Å². The Morgan fingerprint density at radius 2 is 1.76 bits per heavy atom. The number of aryl methyl sites for hydroxylation is 4. The minimum Gasteiger partial charge on any atom is -0.477 e. The normalized spacial score (nSPS) is 11.2. The van der Waals surface area contributed by atoms with Crippen molar-refractivity contribution in [2.75, 3.05) is 0 Å². The third kappa shape index (κ3) is 2.01. The number of imidazole rings is 2. The summed E-state index contributed by atoms with van der Waals surface area (Å²) in [6, 6.07) is 4.28. The van der Waals surface area contributed by atoms with Gasteiger partial charge in [0.15, 0.2) is 0 Å². The average Bonchev–Trinajstić information content (AvgIpc) is 2.94. The Bertz CT molecular complexity index is 871. The maximum atomic E-state index is 11.1. The van der Waals surface area contributed by atoms with Crippen LogP contribution >= 0.6 is 0 Å². The molecule has 0 amide bonds. The maximum Gasteiger partial charge on any atom is 0.354 e. The number of carboxylic acid groups (broad SMARTS) is 1. The van der Waals surface area contributed by atoms with E-state index in [-0.39, 0.29) is 5.69 Å². The van der Waals surface area contributed by atoms with Gasteiger partial charge in [0.1, 0.15) is 5.69 Å². The van der Waals surface area contributed by atoms with Crippen LogP contribution in [0.5, 0.6) is 0 Å². The molecule has 1 aromatic carbocycles. The quantitative estimate of drug-likeness (QED) is 0.786. The second kappa shape index (κ2) is 4.48. The lowest BCUT2D eigenvalue weighted by atomic mass is 9.99. The van der Waals surface area contributed by atoms with Crippen molar-refractivity contribution in [3.05, 3.63) is 46.9 Å². The van der Waals surface area contributed by atoms with Gasteiger partial charge in [-0.25, -0.2) is 9.78 Å². The molecule has 108 valence electrons. The zero-order valence-electron chi connectivity index (χ0n) is 12.5. The van der Waals surface area contributed by atoms with Crippen LogP contribution in [0.2, 0.25) is 0 Å². The summed E-state index contributed by atoms with van der Waals surface area (Å²) in [6.45, 7) is 6.24. The van der Waals surface area contributed by atoms with Gasteiger partial charge in [-0.3, -0.25) is 4.40 Å². The van der Waals surface area contributed by atoms with Crippen LogP contribution in [0.15, 0.2) is 24.5 Å². The summed E-state index contributed by atoms with van der Waals surface area (Å²) in [5, 5.41) is 9.12. The monoisotopic (exact) mass is 283 g/mol. The number of nitrogens with zero attached hydrogens (tertiary/aromatic N) is 3. The second-order valence-electron chi connectivity index (χ2n) is 5.46. The molecule has 0 atom stereocenters. The van der Waals surface area contributed by atoms with Crippen molar-refractivity contribution < 1.29 is 9.90 Å². The first kappa shape index (κ1) is 13.4. The minimum atomic E-state index is -0.952.